The highest BCUT2D eigenvalue weighted by Gasteiger charge is 2.30. The molecule has 2 aromatic rings. The zero-order chi connectivity index (χ0) is 14.6. The van der Waals surface area contributed by atoms with Gasteiger partial charge in [0.2, 0.25) is 0 Å². The number of nitrogens with zero attached hydrogens (tertiary/aromatic N) is 1. The van der Waals surface area contributed by atoms with Crippen molar-refractivity contribution in [1.82, 2.24) is 4.98 Å². The van der Waals surface area contributed by atoms with Crippen LogP contribution in [0.15, 0.2) is 18.2 Å². The summed E-state index contributed by atoms with van der Waals surface area (Å²) in [5.74, 6) is 1.12. The number of nitrogens with one attached hydrogen (secondary N) is 1. The largest absolute Gasteiger partial charge is 0.416 e. The maximum absolute atomic E-state index is 12.6. The van der Waals surface area contributed by atoms with Crippen molar-refractivity contribution >= 4 is 38.4 Å². The van der Waals surface area contributed by atoms with E-state index in [1.165, 1.54) is 17.4 Å². The zero-order valence-corrected chi connectivity index (χ0v) is 12.6. The second-order valence-corrected chi connectivity index (χ2v) is 6.34. The number of halogens is 3. The Labute approximate surface area is 123 Å². The fraction of sp³-hybridized carbons (Fsp3) is 0.462. The maximum Gasteiger partial charge on any atom is 0.416 e. The topological polar surface area (TPSA) is 24.9 Å². The summed E-state index contributed by atoms with van der Waals surface area (Å²) in [5.41, 5.74) is -0.252. The molecular formula is C13H15F3N2S2. The van der Waals surface area contributed by atoms with Crippen LogP contribution >= 0.6 is 23.1 Å². The highest BCUT2D eigenvalue weighted by molar-refractivity contribution is 7.98. The molecule has 0 atom stereocenters. The van der Waals surface area contributed by atoms with Crippen molar-refractivity contribution in [3.8, 4) is 0 Å². The van der Waals surface area contributed by atoms with E-state index in [-0.39, 0.29) is 0 Å². The molecule has 2 rings (SSSR count). The number of thioether (sulfide) groups is 1. The van der Waals surface area contributed by atoms with Crippen LogP contribution in [-0.4, -0.2) is 23.5 Å². The van der Waals surface area contributed by atoms with Gasteiger partial charge in [-0.15, -0.1) is 0 Å². The molecule has 1 aromatic carbocycles. The molecule has 0 aliphatic carbocycles. The van der Waals surface area contributed by atoms with Crippen LogP contribution in [0.5, 0.6) is 0 Å². The summed E-state index contributed by atoms with van der Waals surface area (Å²) >= 11 is 3.19. The van der Waals surface area contributed by atoms with Gasteiger partial charge in [-0.05, 0) is 43.0 Å². The summed E-state index contributed by atoms with van der Waals surface area (Å²) in [6, 6.07) is 3.68. The average molecular weight is 320 g/mol. The number of rotatable bonds is 6. The Morgan fingerprint density at radius 3 is 2.80 bits per heavy atom. The van der Waals surface area contributed by atoms with E-state index in [9.17, 15) is 13.2 Å². The monoisotopic (exact) mass is 320 g/mol. The van der Waals surface area contributed by atoms with E-state index in [4.69, 9.17) is 0 Å². The number of alkyl halides is 3. The van der Waals surface area contributed by atoms with Gasteiger partial charge in [0.25, 0.3) is 0 Å². The van der Waals surface area contributed by atoms with Gasteiger partial charge in [-0.3, -0.25) is 0 Å². The van der Waals surface area contributed by atoms with Gasteiger partial charge in [0.15, 0.2) is 5.13 Å². The van der Waals surface area contributed by atoms with Gasteiger partial charge in [0.1, 0.15) is 0 Å². The summed E-state index contributed by atoms with van der Waals surface area (Å²) in [6.45, 7) is 0.798. The Morgan fingerprint density at radius 2 is 2.10 bits per heavy atom. The molecule has 0 aliphatic heterocycles. The lowest BCUT2D eigenvalue weighted by Gasteiger charge is -2.04. The quantitative estimate of drug-likeness (QED) is 0.769. The van der Waals surface area contributed by atoms with Crippen molar-refractivity contribution in [2.24, 2.45) is 0 Å². The van der Waals surface area contributed by atoms with E-state index in [2.05, 4.69) is 16.6 Å². The first kappa shape index (κ1) is 15.4. The van der Waals surface area contributed by atoms with Gasteiger partial charge in [0, 0.05) is 6.54 Å². The summed E-state index contributed by atoms with van der Waals surface area (Å²) < 4.78 is 38.6. The zero-order valence-electron chi connectivity index (χ0n) is 11.0. The SMILES string of the molecule is CSCCCCNc1nc2cc(C(F)(F)F)ccc2s1. The second kappa shape index (κ2) is 6.67. The molecular weight excluding hydrogens is 305 g/mol. The van der Waals surface area contributed by atoms with Crippen LogP contribution in [0.1, 0.15) is 18.4 Å². The lowest BCUT2D eigenvalue weighted by Crippen LogP contribution is -2.04. The van der Waals surface area contributed by atoms with Crippen molar-refractivity contribution in [3.05, 3.63) is 23.8 Å². The van der Waals surface area contributed by atoms with Crippen molar-refractivity contribution in [2.75, 3.05) is 23.9 Å². The van der Waals surface area contributed by atoms with E-state index in [1.807, 2.05) is 11.8 Å². The van der Waals surface area contributed by atoms with Crippen LogP contribution in [0.3, 0.4) is 0 Å². The average Bonchev–Trinajstić information content (AvgIpc) is 2.79. The van der Waals surface area contributed by atoms with E-state index >= 15 is 0 Å². The van der Waals surface area contributed by atoms with Crippen molar-refractivity contribution in [1.29, 1.82) is 0 Å². The maximum atomic E-state index is 12.6. The third kappa shape index (κ3) is 4.02. The van der Waals surface area contributed by atoms with Gasteiger partial charge in [-0.2, -0.15) is 24.9 Å². The Hall–Kier alpha value is -0.950. The molecule has 0 spiro atoms. The normalized spacial score (nSPS) is 12.0. The Bertz CT molecular complexity index is 566. The minimum atomic E-state index is -4.32. The second-order valence-electron chi connectivity index (χ2n) is 4.33. The summed E-state index contributed by atoms with van der Waals surface area (Å²) in [4.78, 5) is 4.21. The standard InChI is InChI=1S/C13H15F3N2S2/c1-19-7-3-2-6-17-12-18-10-8-9(13(14,15)16)4-5-11(10)20-12/h4-5,8H,2-3,6-7H2,1H3,(H,17,18). The minimum absolute atomic E-state index is 0.399. The molecule has 0 saturated carbocycles. The molecule has 1 N–H and O–H groups in total. The lowest BCUT2D eigenvalue weighted by atomic mass is 10.2. The summed E-state index contributed by atoms with van der Waals surface area (Å²) in [6.07, 6.45) is -0.0930. The molecule has 1 heterocycles. The van der Waals surface area contributed by atoms with Gasteiger partial charge < -0.3 is 5.32 Å². The molecule has 0 unspecified atom stereocenters. The molecule has 0 fully saturated rings. The van der Waals surface area contributed by atoms with E-state index in [0.29, 0.717) is 10.6 Å². The molecule has 7 heteroatoms. The number of fused-ring (bicyclic) bond motifs is 1. The number of benzene rings is 1. The van der Waals surface area contributed by atoms with E-state index in [1.54, 1.807) is 0 Å². The Balaban J connectivity index is 2.02. The predicted molar refractivity (Wildman–Crippen MR) is 80.7 cm³/mol. The van der Waals surface area contributed by atoms with Crippen LogP contribution < -0.4 is 5.32 Å². The number of hydrogen-bond acceptors (Lipinski definition) is 4. The smallest absolute Gasteiger partial charge is 0.361 e. The predicted octanol–water partition coefficient (Wildman–Crippen LogP) is 4.87. The summed E-state index contributed by atoms with van der Waals surface area (Å²) in [5, 5.41) is 3.85. The highest BCUT2D eigenvalue weighted by atomic mass is 32.2. The van der Waals surface area contributed by atoms with Gasteiger partial charge in [-0.25, -0.2) is 4.98 Å². The number of hydrogen-bond donors (Lipinski definition) is 1. The molecule has 0 aliphatic rings. The van der Waals surface area contributed by atoms with Crippen molar-refractivity contribution in [2.45, 2.75) is 19.0 Å². The Kier molecular flexibility index (Phi) is 5.15. The molecule has 0 radical (unpaired) electrons. The van der Waals surface area contributed by atoms with Gasteiger partial charge in [0.05, 0.1) is 15.8 Å². The third-order valence-corrected chi connectivity index (χ3v) is 4.46. The minimum Gasteiger partial charge on any atom is -0.361 e. The van der Waals surface area contributed by atoms with Crippen LogP contribution in [0.4, 0.5) is 18.3 Å². The molecule has 0 saturated heterocycles. The van der Waals surface area contributed by atoms with E-state index < -0.39 is 11.7 Å². The van der Waals surface area contributed by atoms with Gasteiger partial charge >= 0.3 is 6.18 Å². The van der Waals surface area contributed by atoms with Gasteiger partial charge in [-0.1, -0.05) is 11.3 Å². The van der Waals surface area contributed by atoms with Crippen LogP contribution in [0.2, 0.25) is 0 Å². The van der Waals surface area contributed by atoms with Crippen molar-refractivity contribution in [3.63, 3.8) is 0 Å². The number of thiazole rings is 1. The molecule has 2 nitrogen and oxygen atoms in total. The fourth-order valence-electron chi connectivity index (χ4n) is 1.75. The van der Waals surface area contributed by atoms with Crippen LogP contribution in [-0.2, 0) is 6.18 Å². The molecule has 110 valence electrons. The molecule has 1 aromatic heterocycles. The first-order chi connectivity index (χ1) is 9.50. The highest BCUT2D eigenvalue weighted by Crippen LogP contribution is 2.33. The molecule has 0 amide bonds. The lowest BCUT2D eigenvalue weighted by molar-refractivity contribution is -0.137. The van der Waals surface area contributed by atoms with E-state index in [0.717, 1.165) is 42.0 Å². The molecule has 0 bridgehead atoms. The Morgan fingerprint density at radius 1 is 1.30 bits per heavy atom. The first-order valence-corrected chi connectivity index (χ1v) is 8.42. The fourth-order valence-corrected chi connectivity index (χ4v) is 3.11. The third-order valence-electron chi connectivity index (χ3n) is 2.77. The van der Waals surface area contributed by atoms with Crippen molar-refractivity contribution < 1.29 is 13.2 Å². The van der Waals surface area contributed by atoms with Crippen LogP contribution in [0.25, 0.3) is 10.2 Å². The number of aromatic nitrogens is 1. The number of unbranched alkanes of at least 4 members (excludes halogenated alkanes) is 1. The number of anilines is 1. The van der Waals surface area contributed by atoms with Crippen LogP contribution in [0, 0.1) is 0 Å². The summed E-state index contributed by atoms with van der Waals surface area (Å²) in [7, 11) is 0. The molecule has 20 heavy (non-hydrogen) atoms. The first-order valence-electron chi connectivity index (χ1n) is 6.21.